The summed E-state index contributed by atoms with van der Waals surface area (Å²) in [4.78, 5) is 19.6. The number of carboxylic acids is 1. The number of thioether (sulfide) groups is 1. The smallest absolute Gasteiger partial charge is 0.338 e. The van der Waals surface area contributed by atoms with Crippen molar-refractivity contribution in [3.05, 3.63) is 47.3 Å². The number of nitrogens with two attached hydrogens (primary N) is 1. The van der Waals surface area contributed by atoms with Crippen molar-refractivity contribution in [3.63, 3.8) is 0 Å². The maximum Gasteiger partial charge on any atom is 0.338 e. The average Bonchev–Trinajstić information content (AvgIpc) is 2.36. The van der Waals surface area contributed by atoms with Gasteiger partial charge in [-0.1, -0.05) is 23.9 Å². The van der Waals surface area contributed by atoms with Gasteiger partial charge in [0, 0.05) is 23.3 Å². The fourth-order valence-corrected chi connectivity index (χ4v) is 2.51. The van der Waals surface area contributed by atoms with E-state index in [0.717, 1.165) is 5.69 Å². The molecule has 1 heterocycles. The van der Waals surface area contributed by atoms with E-state index in [1.807, 2.05) is 13.0 Å². The lowest BCUT2D eigenvalue weighted by Crippen LogP contribution is -2.06. The summed E-state index contributed by atoms with van der Waals surface area (Å²) >= 11 is 1.39. The largest absolute Gasteiger partial charge is 0.478 e. The normalized spacial score (nSPS) is 10.4. The number of hydrogen-bond acceptors (Lipinski definition) is 5. The van der Waals surface area contributed by atoms with Gasteiger partial charge >= 0.3 is 5.97 Å². The van der Waals surface area contributed by atoms with Crippen LogP contribution in [0.5, 0.6) is 0 Å². The number of carbonyl (C=O) groups is 1. The van der Waals surface area contributed by atoms with Crippen molar-refractivity contribution in [3.8, 4) is 0 Å². The molecule has 98 valence electrons. The van der Waals surface area contributed by atoms with Crippen LogP contribution in [0.15, 0.2) is 35.6 Å². The first-order valence-electron chi connectivity index (χ1n) is 5.61. The van der Waals surface area contributed by atoms with Gasteiger partial charge < -0.3 is 10.8 Å². The third kappa shape index (κ3) is 3.23. The highest BCUT2D eigenvalue weighted by atomic mass is 32.2. The molecule has 19 heavy (non-hydrogen) atoms. The maximum atomic E-state index is 11.2. The molecule has 6 heteroatoms. The number of hydrogen-bond donors (Lipinski definition) is 2. The molecule has 1 aromatic heterocycles. The molecule has 0 atom stereocenters. The van der Waals surface area contributed by atoms with Gasteiger partial charge in [0.05, 0.1) is 5.56 Å². The van der Waals surface area contributed by atoms with Crippen molar-refractivity contribution < 1.29 is 9.90 Å². The zero-order valence-corrected chi connectivity index (χ0v) is 11.1. The van der Waals surface area contributed by atoms with Gasteiger partial charge in [0.2, 0.25) is 0 Å². The van der Waals surface area contributed by atoms with E-state index in [9.17, 15) is 4.79 Å². The molecule has 0 saturated heterocycles. The van der Waals surface area contributed by atoms with Crippen molar-refractivity contribution in [2.45, 2.75) is 17.8 Å². The number of nitrogens with zero attached hydrogens (tertiary/aromatic N) is 2. The highest BCUT2D eigenvalue weighted by Gasteiger charge is 2.14. The van der Waals surface area contributed by atoms with Crippen LogP contribution in [0.25, 0.3) is 0 Å². The molecule has 0 amide bonds. The second kappa shape index (κ2) is 5.71. The number of benzene rings is 1. The first kappa shape index (κ1) is 13.4. The lowest BCUT2D eigenvalue weighted by molar-refractivity contribution is 0.0697. The first-order valence-corrected chi connectivity index (χ1v) is 6.59. The van der Waals surface area contributed by atoms with Gasteiger partial charge in [0.25, 0.3) is 0 Å². The zero-order chi connectivity index (χ0) is 13.8. The number of aryl methyl sites for hydroxylation is 1. The van der Waals surface area contributed by atoms with E-state index in [1.165, 1.54) is 11.8 Å². The lowest BCUT2D eigenvalue weighted by Gasteiger charge is -2.07. The minimum Gasteiger partial charge on any atom is -0.478 e. The SMILES string of the molecule is Cc1ccnc(SCc2cccc(N)c2C(=O)O)n1. The van der Waals surface area contributed by atoms with Gasteiger partial charge in [-0.25, -0.2) is 14.8 Å². The molecule has 2 aromatic rings. The number of rotatable bonds is 4. The van der Waals surface area contributed by atoms with Gasteiger partial charge in [0.15, 0.2) is 5.16 Å². The molecule has 0 spiro atoms. The molecular formula is C13H13N3O2S. The predicted octanol–water partition coefficient (Wildman–Crippen LogP) is 2.36. The molecule has 1 aromatic carbocycles. The second-order valence-corrected chi connectivity index (χ2v) is 4.90. The van der Waals surface area contributed by atoms with Gasteiger partial charge in [-0.2, -0.15) is 0 Å². The lowest BCUT2D eigenvalue weighted by atomic mass is 10.1. The number of nitrogen functional groups attached to an aromatic ring is 1. The molecule has 2 rings (SSSR count). The molecule has 0 saturated carbocycles. The minimum absolute atomic E-state index is 0.155. The predicted molar refractivity (Wildman–Crippen MR) is 74.1 cm³/mol. The van der Waals surface area contributed by atoms with Crippen molar-refractivity contribution in [1.82, 2.24) is 9.97 Å². The van der Waals surface area contributed by atoms with Crippen LogP contribution in [0.4, 0.5) is 5.69 Å². The van der Waals surface area contributed by atoms with Crippen molar-refractivity contribution >= 4 is 23.4 Å². The molecule has 5 nitrogen and oxygen atoms in total. The maximum absolute atomic E-state index is 11.2. The van der Waals surface area contributed by atoms with Crippen molar-refractivity contribution in [2.75, 3.05) is 5.73 Å². The van der Waals surface area contributed by atoms with Crippen LogP contribution in [0.1, 0.15) is 21.6 Å². The number of aromatic nitrogens is 2. The summed E-state index contributed by atoms with van der Waals surface area (Å²) in [5, 5.41) is 9.79. The fraction of sp³-hybridized carbons (Fsp3) is 0.154. The summed E-state index contributed by atoms with van der Waals surface area (Å²) in [6.45, 7) is 1.88. The molecule has 0 unspecified atom stereocenters. The van der Waals surface area contributed by atoms with Crippen LogP contribution in [-0.2, 0) is 5.75 Å². The van der Waals surface area contributed by atoms with Gasteiger partial charge in [-0.05, 0) is 24.6 Å². The molecule has 3 N–H and O–H groups in total. The standard InChI is InChI=1S/C13H13N3O2S/c1-8-5-6-15-13(16-8)19-7-9-3-2-4-10(14)11(9)12(17)18/h2-6H,7,14H2,1H3,(H,17,18). The van der Waals surface area contributed by atoms with E-state index >= 15 is 0 Å². The van der Waals surface area contributed by atoms with E-state index in [4.69, 9.17) is 10.8 Å². The van der Waals surface area contributed by atoms with E-state index in [0.29, 0.717) is 16.5 Å². The Balaban J connectivity index is 2.20. The highest BCUT2D eigenvalue weighted by molar-refractivity contribution is 7.98. The summed E-state index contributed by atoms with van der Waals surface area (Å²) in [5.74, 6) is -0.547. The topological polar surface area (TPSA) is 89.1 Å². The molecular weight excluding hydrogens is 262 g/mol. The Hall–Kier alpha value is -2.08. The summed E-state index contributed by atoms with van der Waals surface area (Å²) in [6, 6.07) is 6.89. The second-order valence-electron chi connectivity index (χ2n) is 3.96. The molecule has 0 aliphatic carbocycles. The highest BCUT2D eigenvalue weighted by Crippen LogP contribution is 2.24. The molecule has 0 fully saturated rings. The van der Waals surface area contributed by atoms with E-state index < -0.39 is 5.97 Å². The Morgan fingerprint density at radius 1 is 1.42 bits per heavy atom. The Labute approximate surface area is 114 Å². The summed E-state index contributed by atoms with van der Waals surface area (Å²) in [5.41, 5.74) is 7.67. The van der Waals surface area contributed by atoms with E-state index in [2.05, 4.69) is 9.97 Å². The zero-order valence-electron chi connectivity index (χ0n) is 10.3. The summed E-state index contributed by atoms with van der Waals surface area (Å²) in [7, 11) is 0. The van der Waals surface area contributed by atoms with Crippen LogP contribution in [0.2, 0.25) is 0 Å². The van der Waals surface area contributed by atoms with E-state index in [1.54, 1.807) is 24.4 Å². The molecule has 0 radical (unpaired) electrons. The Bertz CT molecular complexity index is 617. The number of anilines is 1. The van der Waals surface area contributed by atoms with Crippen LogP contribution in [-0.4, -0.2) is 21.0 Å². The Morgan fingerprint density at radius 3 is 2.89 bits per heavy atom. The van der Waals surface area contributed by atoms with Gasteiger partial charge in [0.1, 0.15) is 0 Å². The Kier molecular flexibility index (Phi) is 4.01. The third-order valence-corrected chi connectivity index (χ3v) is 3.44. The van der Waals surface area contributed by atoms with E-state index in [-0.39, 0.29) is 11.3 Å². The first-order chi connectivity index (χ1) is 9.08. The average molecular weight is 275 g/mol. The van der Waals surface area contributed by atoms with Gasteiger partial charge in [-0.15, -0.1) is 0 Å². The van der Waals surface area contributed by atoms with Crippen molar-refractivity contribution in [2.24, 2.45) is 0 Å². The van der Waals surface area contributed by atoms with Crippen LogP contribution in [0, 0.1) is 6.92 Å². The number of aromatic carboxylic acids is 1. The fourth-order valence-electron chi connectivity index (χ4n) is 1.64. The molecule has 0 bridgehead atoms. The van der Waals surface area contributed by atoms with Crippen molar-refractivity contribution in [1.29, 1.82) is 0 Å². The monoisotopic (exact) mass is 275 g/mol. The van der Waals surface area contributed by atoms with Gasteiger partial charge in [-0.3, -0.25) is 0 Å². The quantitative estimate of drug-likeness (QED) is 0.506. The number of carboxylic acid groups (broad SMARTS) is 1. The van der Waals surface area contributed by atoms with Crippen LogP contribution < -0.4 is 5.73 Å². The minimum atomic E-state index is -1.01. The summed E-state index contributed by atoms with van der Waals surface area (Å²) < 4.78 is 0. The van der Waals surface area contributed by atoms with Crippen LogP contribution in [0.3, 0.4) is 0 Å². The Morgan fingerprint density at radius 2 is 2.21 bits per heavy atom. The summed E-state index contributed by atoms with van der Waals surface area (Å²) in [6.07, 6.45) is 1.68. The third-order valence-electron chi connectivity index (χ3n) is 2.53. The molecule has 0 aliphatic rings. The molecule has 0 aliphatic heterocycles. The van der Waals surface area contributed by atoms with Crippen LogP contribution >= 0.6 is 11.8 Å².